The Balaban J connectivity index is 0.000000704. The van der Waals surface area contributed by atoms with Crippen molar-refractivity contribution in [2.24, 2.45) is 7.05 Å². The number of aromatic nitrogens is 3. The number of hydrogen-bond donors (Lipinski definition) is 0. The third-order valence-corrected chi connectivity index (χ3v) is 3.02. The van der Waals surface area contributed by atoms with Crippen molar-refractivity contribution >= 4 is 16.8 Å². The molecule has 0 atom stereocenters. The molecule has 0 saturated carbocycles. The highest BCUT2D eigenvalue weighted by atomic mass is 16.2. The van der Waals surface area contributed by atoms with Crippen molar-refractivity contribution in [2.75, 3.05) is 0 Å². The average molecular weight is 269 g/mol. The summed E-state index contributed by atoms with van der Waals surface area (Å²) in [6.07, 6.45) is 5.12. The zero-order chi connectivity index (χ0) is 14.7. The second kappa shape index (κ2) is 5.74. The number of carbonyl (C=O) groups excluding carboxylic acids is 1. The van der Waals surface area contributed by atoms with E-state index in [1.54, 1.807) is 34.9 Å². The molecule has 0 aliphatic carbocycles. The fraction of sp³-hybridized carbons (Fsp3) is 0.250. The minimum Gasteiger partial charge on any atom is -0.283 e. The highest BCUT2D eigenvalue weighted by molar-refractivity contribution is 6.01. The van der Waals surface area contributed by atoms with Gasteiger partial charge in [0.2, 0.25) is 0 Å². The lowest BCUT2D eigenvalue weighted by molar-refractivity contribution is 0.0965. The van der Waals surface area contributed by atoms with Crippen molar-refractivity contribution in [1.29, 1.82) is 0 Å². The Morgan fingerprint density at radius 2 is 1.95 bits per heavy atom. The van der Waals surface area contributed by atoms with Crippen molar-refractivity contribution in [2.45, 2.75) is 20.8 Å². The first kappa shape index (κ1) is 14.1. The first-order chi connectivity index (χ1) is 9.65. The molecular formula is C16H19N3O. The molecule has 0 unspecified atom stereocenters. The molecule has 2 heterocycles. The average Bonchev–Trinajstić information content (AvgIpc) is 3.06. The van der Waals surface area contributed by atoms with Crippen LogP contribution in [-0.4, -0.2) is 20.3 Å². The summed E-state index contributed by atoms with van der Waals surface area (Å²) in [5, 5.41) is 5.10. The van der Waals surface area contributed by atoms with Gasteiger partial charge in [-0.05, 0) is 24.6 Å². The van der Waals surface area contributed by atoms with Gasteiger partial charge >= 0.3 is 0 Å². The molecule has 104 valence electrons. The zero-order valence-corrected chi connectivity index (χ0v) is 12.3. The number of fused-ring (bicyclic) bond motifs is 1. The van der Waals surface area contributed by atoms with E-state index in [0.29, 0.717) is 5.56 Å². The van der Waals surface area contributed by atoms with Gasteiger partial charge in [0.25, 0.3) is 5.91 Å². The summed E-state index contributed by atoms with van der Waals surface area (Å²) in [5.41, 5.74) is 2.67. The van der Waals surface area contributed by atoms with Gasteiger partial charge in [-0.1, -0.05) is 26.0 Å². The summed E-state index contributed by atoms with van der Waals surface area (Å²) in [6.45, 7) is 6.02. The number of aryl methyl sites for hydroxylation is 2. The van der Waals surface area contributed by atoms with Crippen LogP contribution in [0.2, 0.25) is 0 Å². The molecule has 4 nitrogen and oxygen atoms in total. The summed E-state index contributed by atoms with van der Waals surface area (Å²) < 4.78 is 3.30. The predicted octanol–water partition coefficient (Wildman–Crippen LogP) is 3.40. The van der Waals surface area contributed by atoms with Gasteiger partial charge in [-0.3, -0.25) is 14.0 Å². The number of rotatable bonds is 1. The maximum atomic E-state index is 12.4. The van der Waals surface area contributed by atoms with Gasteiger partial charge in [-0.2, -0.15) is 5.10 Å². The van der Waals surface area contributed by atoms with E-state index in [1.165, 1.54) is 0 Å². The lowest BCUT2D eigenvalue weighted by Crippen LogP contribution is -2.09. The summed E-state index contributed by atoms with van der Waals surface area (Å²) in [6, 6.07) is 8.03. The molecule has 0 radical (unpaired) electrons. The van der Waals surface area contributed by atoms with Gasteiger partial charge in [-0.15, -0.1) is 0 Å². The maximum absolute atomic E-state index is 12.4. The van der Waals surface area contributed by atoms with E-state index in [0.717, 1.165) is 16.5 Å². The molecule has 2 aromatic heterocycles. The molecule has 0 N–H and O–H groups in total. The van der Waals surface area contributed by atoms with E-state index >= 15 is 0 Å². The minimum atomic E-state index is -0.0521. The topological polar surface area (TPSA) is 39.8 Å². The molecule has 4 heteroatoms. The van der Waals surface area contributed by atoms with Crippen LogP contribution < -0.4 is 0 Å². The number of hydrogen-bond acceptors (Lipinski definition) is 2. The Hall–Kier alpha value is -2.36. The van der Waals surface area contributed by atoms with E-state index in [4.69, 9.17) is 0 Å². The monoisotopic (exact) mass is 269 g/mol. The molecule has 3 aromatic rings. The predicted molar refractivity (Wildman–Crippen MR) is 81.0 cm³/mol. The largest absolute Gasteiger partial charge is 0.283 e. The molecule has 0 aliphatic rings. The minimum absolute atomic E-state index is 0.0521. The molecule has 0 spiro atoms. The fourth-order valence-electron chi connectivity index (χ4n) is 2.09. The lowest BCUT2D eigenvalue weighted by atomic mass is 10.2. The SMILES string of the molecule is CC.Cc1ccc2ccn(C(=O)c3cnn(C)c3)c2c1. The van der Waals surface area contributed by atoms with Crippen LogP contribution >= 0.6 is 0 Å². The van der Waals surface area contributed by atoms with Crippen LogP contribution in [0.25, 0.3) is 10.9 Å². The van der Waals surface area contributed by atoms with Crippen molar-refractivity contribution in [3.05, 3.63) is 54.0 Å². The molecule has 20 heavy (non-hydrogen) atoms. The summed E-state index contributed by atoms with van der Waals surface area (Å²) in [5.74, 6) is -0.0521. The molecule has 0 fully saturated rings. The number of benzene rings is 1. The quantitative estimate of drug-likeness (QED) is 0.679. The Bertz CT molecular complexity index is 737. The van der Waals surface area contributed by atoms with Crippen LogP contribution in [0.3, 0.4) is 0 Å². The molecular weight excluding hydrogens is 250 g/mol. The van der Waals surface area contributed by atoms with Gasteiger partial charge in [-0.25, -0.2) is 0 Å². The second-order valence-corrected chi connectivity index (χ2v) is 4.46. The Kier molecular flexibility index (Phi) is 4.03. The molecule has 1 aromatic carbocycles. The van der Waals surface area contributed by atoms with E-state index in [9.17, 15) is 4.79 Å². The van der Waals surface area contributed by atoms with Crippen molar-refractivity contribution in [1.82, 2.24) is 14.3 Å². The summed E-state index contributed by atoms with van der Waals surface area (Å²) in [4.78, 5) is 12.4. The van der Waals surface area contributed by atoms with Crippen LogP contribution in [0, 0.1) is 6.92 Å². The molecule has 0 saturated heterocycles. The maximum Gasteiger partial charge on any atom is 0.265 e. The van der Waals surface area contributed by atoms with Gasteiger partial charge < -0.3 is 0 Å². The Labute approximate surface area is 118 Å². The van der Waals surface area contributed by atoms with Crippen LogP contribution in [0.4, 0.5) is 0 Å². The van der Waals surface area contributed by atoms with Gasteiger partial charge in [0, 0.05) is 24.8 Å². The second-order valence-electron chi connectivity index (χ2n) is 4.46. The number of carbonyl (C=O) groups is 1. The first-order valence-electron chi connectivity index (χ1n) is 6.76. The summed E-state index contributed by atoms with van der Waals surface area (Å²) >= 11 is 0. The van der Waals surface area contributed by atoms with Crippen LogP contribution in [0.5, 0.6) is 0 Å². The molecule has 0 bridgehead atoms. The van der Waals surface area contributed by atoms with E-state index < -0.39 is 0 Å². The van der Waals surface area contributed by atoms with Gasteiger partial charge in [0.05, 0.1) is 17.3 Å². The van der Waals surface area contributed by atoms with Crippen molar-refractivity contribution in [3.8, 4) is 0 Å². The molecule has 0 aliphatic heterocycles. The normalized spacial score (nSPS) is 10.2. The summed E-state index contributed by atoms with van der Waals surface area (Å²) in [7, 11) is 1.80. The van der Waals surface area contributed by atoms with Crippen molar-refractivity contribution in [3.63, 3.8) is 0 Å². The highest BCUT2D eigenvalue weighted by Gasteiger charge is 2.12. The van der Waals surface area contributed by atoms with E-state index in [2.05, 4.69) is 5.10 Å². The lowest BCUT2D eigenvalue weighted by Gasteiger charge is -2.02. The fourth-order valence-corrected chi connectivity index (χ4v) is 2.09. The van der Waals surface area contributed by atoms with Crippen LogP contribution in [-0.2, 0) is 7.05 Å². The van der Waals surface area contributed by atoms with Crippen LogP contribution in [0.15, 0.2) is 42.9 Å². The van der Waals surface area contributed by atoms with Gasteiger partial charge in [0.15, 0.2) is 0 Å². The first-order valence-corrected chi connectivity index (χ1v) is 6.76. The smallest absolute Gasteiger partial charge is 0.265 e. The molecule has 3 rings (SSSR count). The zero-order valence-electron chi connectivity index (χ0n) is 12.3. The molecule has 0 amide bonds. The third kappa shape index (κ3) is 2.50. The standard InChI is InChI=1S/C14H13N3O.C2H6/c1-10-3-4-11-5-6-17(13(11)7-10)14(18)12-8-15-16(2)9-12;1-2/h3-9H,1-2H3;1-2H3. The van der Waals surface area contributed by atoms with E-state index in [-0.39, 0.29) is 5.91 Å². The highest BCUT2D eigenvalue weighted by Crippen LogP contribution is 2.18. The van der Waals surface area contributed by atoms with Gasteiger partial charge in [0.1, 0.15) is 0 Å². The van der Waals surface area contributed by atoms with Crippen molar-refractivity contribution < 1.29 is 4.79 Å². The van der Waals surface area contributed by atoms with Crippen LogP contribution in [0.1, 0.15) is 29.8 Å². The third-order valence-electron chi connectivity index (χ3n) is 3.02. The van der Waals surface area contributed by atoms with E-state index in [1.807, 2.05) is 45.0 Å². The Morgan fingerprint density at radius 3 is 2.60 bits per heavy atom. The Morgan fingerprint density at radius 1 is 1.20 bits per heavy atom. The number of nitrogens with zero attached hydrogens (tertiary/aromatic N) is 3.